The standard InChI is InChI=1S/C24H19N5O2S/c1-2-20-27-19(13-32-20)28-23(31)29-21(22(26)30)16-8-6-15(7-9-16)17-4-3-5-18(12-17)24(14-25)10-11-24/h1,3-9,12-13,21H,10-11H2,(H2,26,30)(H2,28,29,31). The van der Waals surface area contributed by atoms with E-state index < -0.39 is 18.0 Å². The lowest BCUT2D eigenvalue weighted by molar-refractivity contribution is -0.119. The zero-order valence-electron chi connectivity index (χ0n) is 17.0. The minimum Gasteiger partial charge on any atom is -0.368 e. The molecule has 7 nitrogen and oxygen atoms in total. The highest BCUT2D eigenvalue weighted by Gasteiger charge is 2.44. The van der Waals surface area contributed by atoms with E-state index in [0.29, 0.717) is 16.4 Å². The molecular weight excluding hydrogens is 422 g/mol. The maximum absolute atomic E-state index is 12.3. The summed E-state index contributed by atoms with van der Waals surface area (Å²) >= 11 is 1.22. The number of nitrogens with one attached hydrogen (secondary N) is 2. The number of rotatable bonds is 6. The van der Waals surface area contributed by atoms with E-state index in [2.05, 4.69) is 27.6 Å². The van der Waals surface area contributed by atoms with Crippen molar-refractivity contribution in [1.82, 2.24) is 10.3 Å². The average Bonchev–Trinajstić information content (AvgIpc) is 3.49. The molecule has 1 atom stereocenters. The molecule has 1 aliphatic carbocycles. The molecule has 1 unspecified atom stereocenters. The monoisotopic (exact) mass is 441 g/mol. The van der Waals surface area contributed by atoms with Crippen molar-refractivity contribution in [3.05, 3.63) is 70.0 Å². The Morgan fingerprint density at radius 2 is 1.94 bits per heavy atom. The van der Waals surface area contributed by atoms with E-state index in [1.54, 1.807) is 17.5 Å². The molecule has 0 bridgehead atoms. The summed E-state index contributed by atoms with van der Waals surface area (Å²) in [7, 11) is 0. The Balaban J connectivity index is 1.49. The number of nitrogens with two attached hydrogens (primary N) is 1. The van der Waals surface area contributed by atoms with Crippen LogP contribution in [0, 0.1) is 23.7 Å². The van der Waals surface area contributed by atoms with E-state index in [1.165, 1.54) is 11.3 Å². The zero-order chi connectivity index (χ0) is 22.7. The van der Waals surface area contributed by atoms with Crippen molar-refractivity contribution in [1.29, 1.82) is 5.26 Å². The Hall–Kier alpha value is -4.14. The zero-order valence-corrected chi connectivity index (χ0v) is 17.8. The van der Waals surface area contributed by atoms with Crippen LogP contribution in [0.3, 0.4) is 0 Å². The predicted molar refractivity (Wildman–Crippen MR) is 123 cm³/mol. The number of terminal acetylenes is 1. The summed E-state index contributed by atoms with van der Waals surface area (Å²) in [5.74, 6) is 1.99. The molecule has 1 heterocycles. The Bertz CT molecular complexity index is 1260. The van der Waals surface area contributed by atoms with Crippen molar-refractivity contribution in [2.24, 2.45) is 5.73 Å². The smallest absolute Gasteiger partial charge is 0.321 e. The first-order chi connectivity index (χ1) is 15.4. The van der Waals surface area contributed by atoms with Crippen LogP contribution >= 0.6 is 11.3 Å². The van der Waals surface area contributed by atoms with Gasteiger partial charge in [-0.05, 0) is 47.1 Å². The third-order valence-corrected chi connectivity index (χ3v) is 6.16. The molecule has 2 aromatic carbocycles. The average molecular weight is 442 g/mol. The van der Waals surface area contributed by atoms with Crippen molar-refractivity contribution in [3.63, 3.8) is 0 Å². The molecule has 0 saturated heterocycles. The van der Waals surface area contributed by atoms with E-state index >= 15 is 0 Å². The van der Waals surface area contributed by atoms with E-state index in [4.69, 9.17) is 12.2 Å². The van der Waals surface area contributed by atoms with Crippen LogP contribution < -0.4 is 16.4 Å². The molecule has 1 aromatic heterocycles. The van der Waals surface area contributed by atoms with Gasteiger partial charge in [0.25, 0.3) is 0 Å². The molecule has 4 N–H and O–H groups in total. The number of hydrogen-bond donors (Lipinski definition) is 3. The molecule has 1 fully saturated rings. The fourth-order valence-electron chi connectivity index (χ4n) is 3.45. The van der Waals surface area contributed by atoms with Gasteiger partial charge in [0.15, 0.2) is 5.01 Å². The largest absolute Gasteiger partial charge is 0.368 e. The molecule has 1 aliphatic rings. The molecule has 0 aliphatic heterocycles. The normalized spacial score (nSPS) is 14.4. The number of nitrogens with zero attached hydrogens (tertiary/aromatic N) is 2. The summed E-state index contributed by atoms with van der Waals surface area (Å²) in [5.41, 5.74) is 8.64. The number of amides is 3. The molecule has 8 heteroatoms. The maximum atomic E-state index is 12.3. The lowest BCUT2D eigenvalue weighted by Crippen LogP contribution is -2.39. The second kappa shape index (κ2) is 8.54. The third-order valence-electron chi connectivity index (χ3n) is 5.39. The minimum atomic E-state index is -1.02. The van der Waals surface area contributed by atoms with Crippen LogP contribution in [0.25, 0.3) is 11.1 Å². The summed E-state index contributed by atoms with van der Waals surface area (Å²) in [6.07, 6.45) is 7.04. The molecule has 4 rings (SSSR count). The molecule has 3 amide bonds. The molecule has 0 radical (unpaired) electrons. The fraction of sp³-hybridized carbons (Fsp3) is 0.167. The lowest BCUT2D eigenvalue weighted by Gasteiger charge is -2.16. The number of hydrogen-bond acceptors (Lipinski definition) is 5. The van der Waals surface area contributed by atoms with Gasteiger partial charge in [0.05, 0.1) is 11.5 Å². The van der Waals surface area contributed by atoms with Crippen LogP contribution in [0.2, 0.25) is 0 Å². The van der Waals surface area contributed by atoms with Gasteiger partial charge in [-0.2, -0.15) is 5.26 Å². The number of nitriles is 1. The predicted octanol–water partition coefficient (Wildman–Crippen LogP) is 3.69. The first kappa shape index (κ1) is 21.1. The van der Waals surface area contributed by atoms with Gasteiger partial charge in [0.2, 0.25) is 5.91 Å². The molecular formula is C24H19N5O2S. The highest BCUT2D eigenvalue weighted by Crippen LogP contribution is 2.48. The van der Waals surface area contributed by atoms with Gasteiger partial charge >= 0.3 is 6.03 Å². The number of urea groups is 1. The molecule has 0 spiro atoms. The summed E-state index contributed by atoms with van der Waals surface area (Å²) < 4.78 is 0. The van der Waals surface area contributed by atoms with Crippen LogP contribution in [-0.4, -0.2) is 16.9 Å². The van der Waals surface area contributed by atoms with E-state index in [0.717, 1.165) is 29.5 Å². The summed E-state index contributed by atoms with van der Waals surface area (Å²) in [6.45, 7) is 0. The van der Waals surface area contributed by atoms with Crippen LogP contribution in [0.5, 0.6) is 0 Å². The van der Waals surface area contributed by atoms with Gasteiger partial charge in [-0.15, -0.1) is 17.8 Å². The number of primary amides is 1. The Labute approximate surface area is 189 Å². The van der Waals surface area contributed by atoms with E-state index in [9.17, 15) is 14.9 Å². The van der Waals surface area contributed by atoms with Crippen LogP contribution in [-0.2, 0) is 10.2 Å². The van der Waals surface area contributed by atoms with E-state index in [1.807, 2.05) is 36.4 Å². The second-order valence-electron chi connectivity index (χ2n) is 7.51. The van der Waals surface area contributed by atoms with Crippen LogP contribution in [0.1, 0.15) is 35.0 Å². The molecule has 32 heavy (non-hydrogen) atoms. The Kier molecular flexibility index (Phi) is 5.63. The van der Waals surface area contributed by atoms with Crippen molar-refractivity contribution in [2.75, 3.05) is 5.32 Å². The van der Waals surface area contributed by atoms with Crippen molar-refractivity contribution >= 4 is 29.1 Å². The number of thiazole rings is 1. The number of aromatic nitrogens is 1. The lowest BCUT2D eigenvalue weighted by atomic mass is 9.93. The van der Waals surface area contributed by atoms with Gasteiger partial charge in [0.1, 0.15) is 11.9 Å². The van der Waals surface area contributed by atoms with Gasteiger partial charge in [-0.3, -0.25) is 10.1 Å². The number of anilines is 1. The van der Waals surface area contributed by atoms with Crippen molar-refractivity contribution < 1.29 is 9.59 Å². The quantitative estimate of drug-likeness (QED) is 0.505. The molecule has 1 saturated carbocycles. The SMILES string of the molecule is C#Cc1nc(NC(=O)NC(C(N)=O)c2ccc(-c3cccc(C4(C#N)CC4)c3)cc2)cs1. The fourth-order valence-corrected chi connectivity index (χ4v) is 4.01. The van der Waals surface area contributed by atoms with Crippen LogP contribution in [0.4, 0.5) is 10.6 Å². The van der Waals surface area contributed by atoms with E-state index in [-0.39, 0.29) is 5.41 Å². The van der Waals surface area contributed by atoms with Gasteiger partial charge in [-0.25, -0.2) is 9.78 Å². The Morgan fingerprint density at radius 3 is 2.53 bits per heavy atom. The minimum absolute atomic E-state index is 0.296. The molecule has 3 aromatic rings. The van der Waals surface area contributed by atoms with Gasteiger partial charge in [0, 0.05) is 5.38 Å². The second-order valence-corrected chi connectivity index (χ2v) is 8.37. The summed E-state index contributed by atoms with van der Waals surface area (Å²) in [5, 5.41) is 16.6. The summed E-state index contributed by atoms with van der Waals surface area (Å²) in [4.78, 5) is 28.4. The number of carbonyl (C=O) groups is 2. The van der Waals surface area contributed by atoms with Crippen molar-refractivity contribution in [2.45, 2.75) is 24.3 Å². The summed E-state index contributed by atoms with van der Waals surface area (Å²) in [6, 6.07) is 15.9. The first-order valence-corrected chi connectivity index (χ1v) is 10.7. The molecule has 158 valence electrons. The first-order valence-electron chi connectivity index (χ1n) is 9.85. The van der Waals surface area contributed by atoms with Gasteiger partial charge in [-0.1, -0.05) is 42.5 Å². The number of carbonyl (C=O) groups excluding carboxylic acids is 2. The highest BCUT2D eigenvalue weighted by atomic mass is 32.1. The highest BCUT2D eigenvalue weighted by molar-refractivity contribution is 7.10. The van der Waals surface area contributed by atoms with Gasteiger partial charge < -0.3 is 11.1 Å². The van der Waals surface area contributed by atoms with Crippen molar-refractivity contribution in [3.8, 4) is 29.5 Å². The number of benzene rings is 2. The maximum Gasteiger partial charge on any atom is 0.321 e. The Morgan fingerprint density at radius 1 is 1.19 bits per heavy atom. The third kappa shape index (κ3) is 4.31. The topological polar surface area (TPSA) is 121 Å². The van der Waals surface area contributed by atoms with Crippen LogP contribution in [0.15, 0.2) is 53.9 Å².